The number of rotatable bonds is 3. The molecule has 38 heavy (non-hydrogen) atoms. The Hall–Kier alpha value is -2.75. The Bertz CT molecular complexity index is 1230. The summed E-state index contributed by atoms with van der Waals surface area (Å²) in [6.07, 6.45) is 9.66. The Morgan fingerprint density at radius 2 is 1.74 bits per heavy atom. The highest BCUT2D eigenvalue weighted by molar-refractivity contribution is 6.02. The molecule has 5 aliphatic carbocycles. The van der Waals surface area contributed by atoms with E-state index in [1.165, 1.54) is 0 Å². The number of carbonyl (C=O) groups is 4. The summed E-state index contributed by atoms with van der Waals surface area (Å²) in [7, 11) is 0. The lowest BCUT2D eigenvalue weighted by molar-refractivity contribution is -0.178. The van der Waals surface area contributed by atoms with Gasteiger partial charge in [-0.2, -0.15) is 5.26 Å². The second kappa shape index (κ2) is 8.37. The fourth-order valence-electron chi connectivity index (χ4n) is 9.87. The Morgan fingerprint density at radius 3 is 2.39 bits per heavy atom. The molecule has 5 aliphatic rings. The minimum Gasteiger partial charge on any atom is -0.295 e. The first-order valence-electron chi connectivity index (χ1n) is 14.1. The van der Waals surface area contributed by atoms with Crippen LogP contribution in [0.3, 0.4) is 0 Å². The summed E-state index contributed by atoms with van der Waals surface area (Å²) >= 11 is 0. The molecule has 0 radical (unpaired) electrons. The van der Waals surface area contributed by atoms with Gasteiger partial charge in [-0.3, -0.25) is 30.0 Å². The molecule has 0 bridgehead atoms. The minimum atomic E-state index is -0.701. The maximum absolute atomic E-state index is 14.4. The number of ketones is 2. The van der Waals surface area contributed by atoms with Gasteiger partial charge >= 0.3 is 0 Å². The fraction of sp³-hybridized carbons (Fsp3) is 0.710. The maximum Gasteiger partial charge on any atom is 0.244 e. The molecule has 0 saturated heterocycles. The molecule has 7 nitrogen and oxygen atoms in total. The number of Topliss-reactive ketones (excluding diaryl/α,β-unsaturated/α-hetero) is 1. The Balaban J connectivity index is 1.66. The molecule has 0 aromatic rings. The Kier molecular flexibility index (Phi) is 5.91. The van der Waals surface area contributed by atoms with Crippen molar-refractivity contribution in [3.05, 3.63) is 23.3 Å². The monoisotopic (exact) mass is 519 g/mol. The van der Waals surface area contributed by atoms with E-state index in [2.05, 4.69) is 51.5 Å². The highest BCUT2D eigenvalue weighted by Gasteiger charge is 2.70. The van der Waals surface area contributed by atoms with Crippen LogP contribution in [0.25, 0.3) is 0 Å². The highest BCUT2D eigenvalue weighted by Crippen LogP contribution is 2.73. The number of amides is 2. The molecule has 5 rings (SSSR count). The van der Waals surface area contributed by atoms with E-state index in [1.54, 1.807) is 0 Å². The van der Waals surface area contributed by atoms with Gasteiger partial charge in [0.25, 0.3) is 0 Å². The topological polar surface area (TPSA) is 116 Å². The normalized spacial score (nSPS) is 45.1. The molecule has 3 fully saturated rings. The van der Waals surface area contributed by atoms with Crippen LogP contribution in [0.4, 0.5) is 0 Å². The SMILES string of the molecule is C[C@@H]1C(=O)C(C#N)=C[C@]2(C)C3=CC(=O)C4C5CC(C)(C)CC[C@]5(C(=O)NNC=O)CC[C@@]4(C)C3(C)CC[C@@H]12. The first-order valence-corrected chi connectivity index (χ1v) is 14.1. The minimum absolute atomic E-state index is 0.00317. The Morgan fingerprint density at radius 1 is 1.05 bits per heavy atom. The third-order valence-corrected chi connectivity index (χ3v) is 12.2. The summed E-state index contributed by atoms with van der Waals surface area (Å²) in [5.74, 6) is -0.865. The Labute approximate surface area is 225 Å². The van der Waals surface area contributed by atoms with Crippen LogP contribution in [0.2, 0.25) is 0 Å². The van der Waals surface area contributed by atoms with Gasteiger partial charge in [-0.25, -0.2) is 0 Å². The molecule has 0 aromatic heterocycles. The van der Waals surface area contributed by atoms with E-state index in [0.29, 0.717) is 19.3 Å². The number of nitrogens with one attached hydrogen (secondary N) is 2. The van der Waals surface area contributed by atoms with Crippen molar-refractivity contribution in [2.24, 2.45) is 50.7 Å². The summed E-state index contributed by atoms with van der Waals surface area (Å²) in [4.78, 5) is 51.9. The molecule has 0 heterocycles. The van der Waals surface area contributed by atoms with Gasteiger partial charge in [0, 0.05) is 17.3 Å². The first-order chi connectivity index (χ1) is 17.7. The van der Waals surface area contributed by atoms with Crippen molar-refractivity contribution in [3.63, 3.8) is 0 Å². The fourth-order valence-corrected chi connectivity index (χ4v) is 9.87. The molecule has 0 aromatic carbocycles. The molecule has 0 spiro atoms. The van der Waals surface area contributed by atoms with Crippen LogP contribution in [0.1, 0.15) is 86.5 Å². The largest absolute Gasteiger partial charge is 0.295 e. The predicted molar refractivity (Wildman–Crippen MR) is 142 cm³/mol. The van der Waals surface area contributed by atoms with E-state index < -0.39 is 10.8 Å². The van der Waals surface area contributed by atoms with Gasteiger partial charge in [0.05, 0.1) is 11.0 Å². The molecular formula is C31H41N3O4. The molecule has 3 unspecified atom stereocenters. The van der Waals surface area contributed by atoms with Crippen molar-refractivity contribution in [2.45, 2.75) is 86.5 Å². The van der Waals surface area contributed by atoms with E-state index in [9.17, 15) is 24.4 Å². The molecule has 204 valence electrons. The number of hydrogen-bond acceptors (Lipinski definition) is 5. The van der Waals surface area contributed by atoms with Crippen molar-refractivity contribution in [1.29, 1.82) is 5.26 Å². The van der Waals surface area contributed by atoms with Gasteiger partial charge in [-0.15, -0.1) is 0 Å². The van der Waals surface area contributed by atoms with Gasteiger partial charge in [0.2, 0.25) is 12.3 Å². The van der Waals surface area contributed by atoms with Gasteiger partial charge in [-0.1, -0.05) is 53.2 Å². The van der Waals surface area contributed by atoms with E-state index in [-0.39, 0.29) is 63.0 Å². The lowest BCUT2D eigenvalue weighted by Gasteiger charge is -2.68. The van der Waals surface area contributed by atoms with Gasteiger partial charge in [0.1, 0.15) is 6.07 Å². The highest BCUT2D eigenvalue weighted by atomic mass is 16.2. The number of nitriles is 1. The predicted octanol–water partition coefficient (Wildman–Crippen LogP) is 4.59. The molecule has 3 saturated carbocycles. The summed E-state index contributed by atoms with van der Waals surface area (Å²) in [6, 6.07) is 2.13. The van der Waals surface area contributed by atoms with Gasteiger partial charge < -0.3 is 0 Å². The maximum atomic E-state index is 14.4. The number of nitrogens with zero attached hydrogens (tertiary/aromatic N) is 1. The third kappa shape index (κ3) is 3.31. The van der Waals surface area contributed by atoms with Crippen molar-refractivity contribution in [1.82, 2.24) is 10.9 Å². The summed E-state index contributed by atoms with van der Waals surface area (Å²) in [5.41, 5.74) is 4.33. The zero-order chi connectivity index (χ0) is 27.9. The number of hydrogen-bond donors (Lipinski definition) is 2. The van der Waals surface area contributed by atoms with Gasteiger partial charge in [0.15, 0.2) is 11.6 Å². The molecular weight excluding hydrogens is 478 g/mol. The molecule has 2 N–H and O–H groups in total. The van der Waals surface area contributed by atoms with Gasteiger partial charge in [-0.05, 0) is 79.1 Å². The quantitative estimate of drug-likeness (QED) is 0.418. The standard InChI is InChI=1S/C31H41N3O4/c1-18-20-7-8-29(5)23(28(20,4)14-19(16-32)25(18)37)13-22(36)24-21-15-27(2,3)9-11-31(21,12-10-30(24,29)6)26(38)34-33-17-35/h13-14,17-18,20-21,24H,7-12,15H2,1-6H3,(H,33,35)(H,34,38)/t18-,20-,21?,24?,28-,29?,30+,31-/m0/s1. The smallest absolute Gasteiger partial charge is 0.244 e. The van der Waals surface area contributed by atoms with Crippen LogP contribution in [0.15, 0.2) is 23.3 Å². The molecule has 0 aliphatic heterocycles. The average Bonchev–Trinajstić information content (AvgIpc) is 2.86. The lowest BCUT2D eigenvalue weighted by Crippen LogP contribution is -2.66. The number of fused-ring (bicyclic) bond motifs is 7. The van der Waals surface area contributed by atoms with E-state index in [4.69, 9.17) is 0 Å². The van der Waals surface area contributed by atoms with E-state index in [1.807, 2.05) is 19.1 Å². The van der Waals surface area contributed by atoms with Crippen molar-refractivity contribution in [3.8, 4) is 6.07 Å². The van der Waals surface area contributed by atoms with Crippen LogP contribution in [-0.2, 0) is 19.2 Å². The zero-order valence-corrected chi connectivity index (χ0v) is 23.6. The van der Waals surface area contributed by atoms with Crippen LogP contribution in [-0.4, -0.2) is 23.9 Å². The number of allylic oxidation sites excluding steroid dienone is 4. The summed E-state index contributed by atoms with van der Waals surface area (Å²) < 4.78 is 0. The van der Waals surface area contributed by atoms with Crippen LogP contribution in [0, 0.1) is 62.1 Å². The average molecular weight is 520 g/mol. The number of hydrazine groups is 1. The summed E-state index contributed by atoms with van der Waals surface area (Å²) in [5, 5.41) is 9.76. The molecule has 8 atom stereocenters. The third-order valence-electron chi connectivity index (χ3n) is 12.2. The van der Waals surface area contributed by atoms with E-state index >= 15 is 0 Å². The second-order valence-electron chi connectivity index (χ2n) is 14.3. The van der Waals surface area contributed by atoms with Crippen LogP contribution in [0.5, 0.6) is 0 Å². The molecule has 7 heteroatoms. The summed E-state index contributed by atoms with van der Waals surface area (Å²) in [6.45, 7) is 13.0. The second-order valence-corrected chi connectivity index (χ2v) is 14.3. The lowest BCUT2D eigenvalue weighted by atomic mass is 9.35. The molecule has 2 amide bonds. The number of carbonyl (C=O) groups excluding carboxylic acids is 4. The van der Waals surface area contributed by atoms with Crippen molar-refractivity contribution < 1.29 is 19.2 Å². The van der Waals surface area contributed by atoms with Crippen LogP contribution >= 0.6 is 0 Å². The first kappa shape index (κ1) is 26.8. The van der Waals surface area contributed by atoms with Crippen molar-refractivity contribution in [2.75, 3.05) is 0 Å². The van der Waals surface area contributed by atoms with E-state index in [0.717, 1.165) is 37.7 Å². The zero-order valence-electron chi connectivity index (χ0n) is 23.6. The van der Waals surface area contributed by atoms with Crippen LogP contribution < -0.4 is 10.9 Å². The van der Waals surface area contributed by atoms with Crippen molar-refractivity contribution >= 4 is 23.9 Å².